The first-order valence-electron chi connectivity index (χ1n) is 6.25. The summed E-state index contributed by atoms with van der Waals surface area (Å²) < 4.78 is 0. The Bertz CT molecular complexity index is 402. The zero-order chi connectivity index (χ0) is 14.1. The number of carbonyl (C=O) groups excluding carboxylic acids is 1. The minimum Gasteiger partial charge on any atom is -0.365 e. The van der Waals surface area contributed by atoms with Crippen LogP contribution in [0.5, 0.6) is 0 Å². The molecular weight excluding hydrogens is 242 g/mol. The van der Waals surface area contributed by atoms with Gasteiger partial charge in [-0.1, -0.05) is 6.08 Å². The summed E-state index contributed by atoms with van der Waals surface area (Å²) in [4.78, 5) is 13.8. The molecule has 19 heavy (non-hydrogen) atoms. The first-order valence-corrected chi connectivity index (χ1v) is 6.25. The van der Waals surface area contributed by atoms with Crippen molar-refractivity contribution >= 4 is 11.7 Å². The third kappa shape index (κ3) is 5.96. The highest BCUT2D eigenvalue weighted by Crippen LogP contribution is 2.01. The predicted molar refractivity (Wildman–Crippen MR) is 76.2 cm³/mol. The number of hydrogen-bond acceptors (Lipinski definition) is 5. The van der Waals surface area contributed by atoms with E-state index >= 15 is 0 Å². The van der Waals surface area contributed by atoms with Gasteiger partial charge in [0, 0.05) is 13.1 Å². The lowest BCUT2D eigenvalue weighted by molar-refractivity contribution is 0.0946. The first kappa shape index (κ1) is 15.1. The van der Waals surface area contributed by atoms with E-state index in [1.807, 2.05) is 14.1 Å². The molecule has 0 saturated carbocycles. The summed E-state index contributed by atoms with van der Waals surface area (Å²) in [6, 6.07) is 3.38. The summed E-state index contributed by atoms with van der Waals surface area (Å²) in [5.41, 5.74) is 0.328. The van der Waals surface area contributed by atoms with Gasteiger partial charge in [-0.15, -0.1) is 16.8 Å². The maximum Gasteiger partial charge on any atom is 0.271 e. The van der Waals surface area contributed by atoms with Crippen molar-refractivity contribution in [2.75, 3.05) is 39.0 Å². The fourth-order valence-electron chi connectivity index (χ4n) is 1.41. The number of anilines is 1. The van der Waals surface area contributed by atoms with Gasteiger partial charge in [0.05, 0.1) is 0 Å². The molecule has 1 aromatic heterocycles. The molecule has 0 unspecified atom stereocenters. The molecule has 0 fully saturated rings. The average molecular weight is 263 g/mol. The van der Waals surface area contributed by atoms with Crippen LogP contribution in [0.25, 0.3) is 0 Å². The lowest BCUT2D eigenvalue weighted by Gasteiger charge is -2.09. The molecule has 0 saturated heterocycles. The monoisotopic (exact) mass is 263 g/mol. The molecule has 104 valence electrons. The highest BCUT2D eigenvalue weighted by atomic mass is 16.1. The van der Waals surface area contributed by atoms with E-state index in [1.54, 1.807) is 18.2 Å². The van der Waals surface area contributed by atoms with Crippen LogP contribution >= 0.6 is 0 Å². The maximum atomic E-state index is 11.8. The molecule has 2 N–H and O–H groups in total. The highest BCUT2D eigenvalue weighted by molar-refractivity contribution is 5.92. The lowest BCUT2D eigenvalue weighted by Crippen LogP contribution is -2.28. The Morgan fingerprint density at radius 2 is 2.21 bits per heavy atom. The first-order chi connectivity index (χ1) is 9.13. The van der Waals surface area contributed by atoms with E-state index in [0.717, 1.165) is 13.0 Å². The van der Waals surface area contributed by atoms with Gasteiger partial charge in [-0.05, 0) is 39.2 Å². The number of nitrogens with one attached hydrogen (secondary N) is 2. The molecule has 1 heterocycles. The van der Waals surface area contributed by atoms with Crippen LogP contribution in [-0.4, -0.2) is 54.7 Å². The van der Waals surface area contributed by atoms with Gasteiger partial charge in [0.25, 0.3) is 5.91 Å². The van der Waals surface area contributed by atoms with E-state index in [9.17, 15) is 4.79 Å². The van der Waals surface area contributed by atoms with Crippen molar-refractivity contribution in [3.63, 3.8) is 0 Å². The van der Waals surface area contributed by atoms with E-state index in [1.165, 1.54) is 0 Å². The van der Waals surface area contributed by atoms with Gasteiger partial charge in [-0.3, -0.25) is 4.79 Å². The second-order valence-electron chi connectivity index (χ2n) is 4.39. The summed E-state index contributed by atoms with van der Waals surface area (Å²) in [5.74, 6) is 0.436. The Morgan fingerprint density at radius 3 is 2.79 bits per heavy atom. The van der Waals surface area contributed by atoms with Crippen molar-refractivity contribution < 1.29 is 4.79 Å². The number of carbonyl (C=O) groups is 1. The van der Waals surface area contributed by atoms with Crippen LogP contribution in [0.4, 0.5) is 5.82 Å². The van der Waals surface area contributed by atoms with Gasteiger partial charge < -0.3 is 15.5 Å². The summed E-state index contributed by atoms with van der Waals surface area (Å²) in [6.07, 6.45) is 2.64. The predicted octanol–water partition coefficient (Wildman–Crippen LogP) is 0.756. The van der Waals surface area contributed by atoms with Crippen molar-refractivity contribution in [2.24, 2.45) is 0 Å². The zero-order valence-corrected chi connectivity index (χ0v) is 11.5. The Kier molecular flexibility index (Phi) is 6.52. The van der Waals surface area contributed by atoms with Crippen LogP contribution in [0, 0.1) is 0 Å². The van der Waals surface area contributed by atoms with Gasteiger partial charge in [0.15, 0.2) is 5.69 Å². The molecule has 0 aromatic carbocycles. The largest absolute Gasteiger partial charge is 0.365 e. The molecule has 0 spiro atoms. The summed E-state index contributed by atoms with van der Waals surface area (Å²) >= 11 is 0. The Labute approximate surface area is 113 Å². The van der Waals surface area contributed by atoms with Gasteiger partial charge in [-0.25, -0.2) is 0 Å². The standard InChI is InChI=1S/C13H21N5O/c1-4-8-14-12-7-6-11(16-17-12)13(19)15-9-5-10-18(2)3/h4,6-7H,1,5,8-10H2,2-3H3,(H,14,17)(H,15,19). The highest BCUT2D eigenvalue weighted by Gasteiger charge is 2.07. The van der Waals surface area contributed by atoms with Crippen molar-refractivity contribution in [1.82, 2.24) is 20.4 Å². The van der Waals surface area contributed by atoms with Crippen molar-refractivity contribution in [1.29, 1.82) is 0 Å². The molecule has 0 aliphatic rings. The van der Waals surface area contributed by atoms with Crippen LogP contribution in [0.3, 0.4) is 0 Å². The fourth-order valence-corrected chi connectivity index (χ4v) is 1.41. The molecule has 0 aliphatic carbocycles. The van der Waals surface area contributed by atoms with E-state index in [2.05, 4.69) is 32.3 Å². The Hall–Kier alpha value is -1.95. The fraction of sp³-hybridized carbons (Fsp3) is 0.462. The smallest absolute Gasteiger partial charge is 0.271 e. The van der Waals surface area contributed by atoms with Crippen molar-refractivity contribution in [3.8, 4) is 0 Å². The third-order valence-electron chi connectivity index (χ3n) is 2.39. The van der Waals surface area contributed by atoms with E-state index in [0.29, 0.717) is 24.6 Å². The molecule has 6 heteroatoms. The number of amides is 1. The van der Waals surface area contributed by atoms with Crippen LogP contribution in [0.15, 0.2) is 24.8 Å². The quantitative estimate of drug-likeness (QED) is 0.535. The second kappa shape index (κ2) is 8.20. The maximum absolute atomic E-state index is 11.8. The number of aromatic nitrogens is 2. The van der Waals surface area contributed by atoms with Gasteiger partial charge >= 0.3 is 0 Å². The molecule has 1 rings (SSSR count). The molecule has 0 atom stereocenters. The molecule has 6 nitrogen and oxygen atoms in total. The number of rotatable bonds is 8. The van der Waals surface area contributed by atoms with Gasteiger partial charge in [-0.2, -0.15) is 0 Å². The van der Waals surface area contributed by atoms with E-state index in [-0.39, 0.29) is 5.91 Å². The molecule has 1 aromatic rings. The van der Waals surface area contributed by atoms with Crippen LogP contribution in [-0.2, 0) is 0 Å². The van der Waals surface area contributed by atoms with Crippen molar-refractivity contribution in [2.45, 2.75) is 6.42 Å². The van der Waals surface area contributed by atoms with Crippen LogP contribution in [0.1, 0.15) is 16.9 Å². The Morgan fingerprint density at radius 1 is 1.42 bits per heavy atom. The second-order valence-corrected chi connectivity index (χ2v) is 4.39. The summed E-state index contributed by atoms with van der Waals surface area (Å²) in [6.45, 7) is 5.79. The van der Waals surface area contributed by atoms with Gasteiger partial charge in [0.2, 0.25) is 0 Å². The molecular formula is C13H21N5O. The molecule has 0 aliphatic heterocycles. The average Bonchev–Trinajstić information content (AvgIpc) is 2.41. The normalized spacial score (nSPS) is 10.3. The van der Waals surface area contributed by atoms with Crippen LogP contribution < -0.4 is 10.6 Å². The zero-order valence-electron chi connectivity index (χ0n) is 11.5. The van der Waals surface area contributed by atoms with Crippen molar-refractivity contribution in [3.05, 3.63) is 30.5 Å². The molecule has 0 radical (unpaired) electrons. The molecule has 0 bridgehead atoms. The van der Waals surface area contributed by atoms with Gasteiger partial charge in [0.1, 0.15) is 5.82 Å². The Balaban J connectivity index is 2.37. The minimum atomic E-state index is -0.193. The SMILES string of the molecule is C=CCNc1ccc(C(=O)NCCCN(C)C)nn1. The molecule has 1 amide bonds. The summed E-state index contributed by atoms with van der Waals surface area (Å²) in [5, 5.41) is 13.6. The lowest BCUT2D eigenvalue weighted by atomic mass is 10.3. The minimum absolute atomic E-state index is 0.193. The summed E-state index contributed by atoms with van der Waals surface area (Å²) in [7, 11) is 4.00. The van der Waals surface area contributed by atoms with Crippen LogP contribution in [0.2, 0.25) is 0 Å². The van der Waals surface area contributed by atoms with E-state index in [4.69, 9.17) is 0 Å². The van der Waals surface area contributed by atoms with E-state index < -0.39 is 0 Å². The number of nitrogens with zero attached hydrogens (tertiary/aromatic N) is 3. The third-order valence-corrected chi connectivity index (χ3v) is 2.39. The topological polar surface area (TPSA) is 70.2 Å². The number of hydrogen-bond donors (Lipinski definition) is 2.